The van der Waals surface area contributed by atoms with Crippen LogP contribution < -0.4 is 10.1 Å². The normalized spacial score (nSPS) is 12.3. The lowest BCUT2D eigenvalue weighted by molar-refractivity contribution is 0.286. The largest absolute Gasteiger partial charge is 0.485 e. The number of rotatable bonds is 7. The van der Waals surface area contributed by atoms with Gasteiger partial charge < -0.3 is 14.6 Å². The molecule has 0 radical (unpaired) electrons. The third-order valence-corrected chi connectivity index (χ3v) is 2.92. The number of hydrogen-bond donors (Lipinski definition) is 1. The van der Waals surface area contributed by atoms with Crippen LogP contribution in [0.15, 0.2) is 35.2 Å². The van der Waals surface area contributed by atoms with E-state index in [4.69, 9.17) is 4.74 Å². The van der Waals surface area contributed by atoms with E-state index >= 15 is 0 Å². The Labute approximate surface area is 113 Å². The second-order valence-corrected chi connectivity index (χ2v) is 4.22. The monoisotopic (exact) mass is 261 g/mol. The molecule has 0 amide bonds. The summed E-state index contributed by atoms with van der Waals surface area (Å²) in [5.74, 6) is 1.35. The second kappa shape index (κ2) is 6.89. The lowest BCUT2D eigenvalue weighted by Gasteiger charge is -2.16. The van der Waals surface area contributed by atoms with Crippen LogP contribution in [0, 0.1) is 0 Å². The van der Waals surface area contributed by atoms with Crippen LogP contribution in [0.1, 0.15) is 37.7 Å². The van der Waals surface area contributed by atoms with Crippen LogP contribution in [0.3, 0.4) is 0 Å². The Morgan fingerprint density at radius 2 is 2.05 bits per heavy atom. The van der Waals surface area contributed by atoms with Crippen molar-refractivity contribution in [2.45, 2.75) is 32.9 Å². The number of hydrogen-bond acceptors (Lipinski definition) is 5. The van der Waals surface area contributed by atoms with E-state index in [0.29, 0.717) is 18.5 Å². The summed E-state index contributed by atoms with van der Waals surface area (Å²) in [6, 6.07) is 8.51. The summed E-state index contributed by atoms with van der Waals surface area (Å²) in [6.07, 6.45) is 2.36. The Kier molecular flexibility index (Phi) is 4.92. The fourth-order valence-corrected chi connectivity index (χ4v) is 1.94. The molecule has 0 bridgehead atoms. The molecule has 1 aromatic carbocycles. The zero-order chi connectivity index (χ0) is 13.5. The molecular formula is C14H19N3O2. The van der Waals surface area contributed by atoms with Crippen molar-refractivity contribution in [2.75, 3.05) is 6.54 Å². The number of benzene rings is 1. The first kappa shape index (κ1) is 13.5. The zero-order valence-electron chi connectivity index (χ0n) is 11.3. The third kappa shape index (κ3) is 3.79. The van der Waals surface area contributed by atoms with Crippen molar-refractivity contribution in [1.82, 2.24) is 15.5 Å². The Morgan fingerprint density at radius 1 is 1.26 bits per heavy atom. The maximum Gasteiger partial charge on any atom is 0.213 e. The minimum absolute atomic E-state index is 0.320. The van der Waals surface area contributed by atoms with Crippen LogP contribution in [0.2, 0.25) is 0 Å². The van der Waals surface area contributed by atoms with Crippen molar-refractivity contribution in [2.24, 2.45) is 0 Å². The van der Waals surface area contributed by atoms with Crippen molar-refractivity contribution >= 4 is 0 Å². The van der Waals surface area contributed by atoms with Gasteiger partial charge in [-0.25, -0.2) is 0 Å². The molecule has 0 saturated carbocycles. The average Bonchev–Trinajstić information content (AvgIpc) is 2.96. The second-order valence-electron chi connectivity index (χ2n) is 4.22. The summed E-state index contributed by atoms with van der Waals surface area (Å²) >= 11 is 0. The van der Waals surface area contributed by atoms with Crippen LogP contribution in [-0.2, 0) is 6.61 Å². The van der Waals surface area contributed by atoms with E-state index in [-0.39, 0.29) is 0 Å². The molecule has 102 valence electrons. The highest BCUT2D eigenvalue weighted by molar-refractivity contribution is 5.29. The molecule has 0 fully saturated rings. The third-order valence-electron chi connectivity index (χ3n) is 2.92. The summed E-state index contributed by atoms with van der Waals surface area (Å²) in [7, 11) is 0. The van der Waals surface area contributed by atoms with Gasteiger partial charge in [-0.15, -0.1) is 0 Å². The lowest BCUT2D eigenvalue weighted by atomic mass is 10.0. The van der Waals surface area contributed by atoms with Gasteiger partial charge in [0, 0.05) is 6.04 Å². The minimum atomic E-state index is 0.320. The Balaban J connectivity index is 1.93. The summed E-state index contributed by atoms with van der Waals surface area (Å²) < 4.78 is 10.2. The molecule has 5 heteroatoms. The van der Waals surface area contributed by atoms with Crippen molar-refractivity contribution in [3.05, 3.63) is 42.0 Å². The van der Waals surface area contributed by atoms with E-state index in [1.165, 1.54) is 12.0 Å². The summed E-state index contributed by atoms with van der Waals surface area (Å²) in [6.45, 7) is 5.58. The van der Waals surface area contributed by atoms with Crippen molar-refractivity contribution < 1.29 is 9.26 Å². The van der Waals surface area contributed by atoms with E-state index < -0.39 is 0 Å². The van der Waals surface area contributed by atoms with E-state index in [1.54, 1.807) is 0 Å². The number of nitrogens with one attached hydrogen (secondary N) is 1. The van der Waals surface area contributed by atoms with E-state index in [2.05, 4.69) is 46.0 Å². The summed E-state index contributed by atoms with van der Waals surface area (Å²) in [5.41, 5.74) is 1.27. The van der Waals surface area contributed by atoms with Gasteiger partial charge in [-0.2, -0.15) is 4.98 Å². The molecule has 1 aromatic heterocycles. The maximum atomic E-state index is 5.57. The molecule has 1 heterocycles. The molecule has 1 atom stereocenters. The summed E-state index contributed by atoms with van der Waals surface area (Å²) in [5, 5.41) is 7.14. The molecule has 19 heavy (non-hydrogen) atoms. The van der Waals surface area contributed by atoms with Gasteiger partial charge >= 0.3 is 0 Å². The summed E-state index contributed by atoms with van der Waals surface area (Å²) in [4.78, 5) is 3.90. The zero-order valence-corrected chi connectivity index (χ0v) is 11.3. The number of nitrogens with zero attached hydrogens (tertiary/aromatic N) is 2. The van der Waals surface area contributed by atoms with Crippen molar-refractivity contribution in [3.63, 3.8) is 0 Å². The average molecular weight is 261 g/mol. The standard InChI is InChI=1S/C14H19N3O2/c1-3-13(15-4-2)11-5-7-12(8-6-11)18-9-14-16-10-19-17-14/h5-8,10,13,15H,3-4,9H2,1-2H3. The molecule has 2 rings (SSSR count). The van der Waals surface area contributed by atoms with Crippen LogP contribution in [0.25, 0.3) is 0 Å². The maximum absolute atomic E-state index is 5.57. The number of ether oxygens (including phenoxy) is 1. The highest BCUT2D eigenvalue weighted by atomic mass is 16.5. The van der Waals surface area contributed by atoms with Gasteiger partial charge in [0.15, 0.2) is 6.61 Å². The fraction of sp³-hybridized carbons (Fsp3) is 0.429. The smallest absolute Gasteiger partial charge is 0.213 e. The van der Waals surface area contributed by atoms with Gasteiger partial charge in [0.2, 0.25) is 12.2 Å². The molecule has 1 unspecified atom stereocenters. The molecule has 0 aliphatic heterocycles. The van der Waals surface area contributed by atoms with Gasteiger partial charge in [-0.05, 0) is 30.7 Å². The first-order valence-electron chi connectivity index (χ1n) is 6.54. The van der Waals surface area contributed by atoms with Gasteiger partial charge in [-0.3, -0.25) is 0 Å². The highest BCUT2D eigenvalue weighted by Crippen LogP contribution is 2.20. The van der Waals surface area contributed by atoms with E-state index in [1.807, 2.05) is 12.1 Å². The van der Waals surface area contributed by atoms with Crippen LogP contribution in [0.4, 0.5) is 0 Å². The quantitative estimate of drug-likeness (QED) is 0.830. The molecule has 5 nitrogen and oxygen atoms in total. The number of aromatic nitrogens is 2. The molecule has 0 aliphatic rings. The van der Waals surface area contributed by atoms with Gasteiger partial charge in [0.05, 0.1) is 0 Å². The minimum Gasteiger partial charge on any atom is -0.485 e. The molecular weight excluding hydrogens is 242 g/mol. The van der Waals surface area contributed by atoms with Crippen LogP contribution >= 0.6 is 0 Å². The fourth-order valence-electron chi connectivity index (χ4n) is 1.94. The predicted octanol–water partition coefficient (Wildman–Crippen LogP) is 2.71. The Hall–Kier alpha value is -1.88. The van der Waals surface area contributed by atoms with Gasteiger partial charge in [-0.1, -0.05) is 31.1 Å². The topological polar surface area (TPSA) is 60.2 Å². The van der Waals surface area contributed by atoms with Gasteiger partial charge in [0.25, 0.3) is 0 Å². The van der Waals surface area contributed by atoms with Crippen LogP contribution in [-0.4, -0.2) is 16.7 Å². The van der Waals surface area contributed by atoms with Crippen LogP contribution in [0.5, 0.6) is 5.75 Å². The van der Waals surface area contributed by atoms with Crippen molar-refractivity contribution in [1.29, 1.82) is 0 Å². The predicted molar refractivity (Wildman–Crippen MR) is 71.8 cm³/mol. The molecule has 2 aromatic rings. The Bertz CT molecular complexity index is 468. The first-order valence-corrected chi connectivity index (χ1v) is 6.54. The highest BCUT2D eigenvalue weighted by Gasteiger charge is 2.07. The molecule has 1 N–H and O–H groups in total. The first-order chi connectivity index (χ1) is 9.33. The molecule has 0 spiro atoms. The SMILES string of the molecule is CCNC(CC)c1ccc(OCc2ncon2)cc1. The van der Waals surface area contributed by atoms with E-state index in [0.717, 1.165) is 18.7 Å². The van der Waals surface area contributed by atoms with E-state index in [9.17, 15) is 0 Å². The lowest BCUT2D eigenvalue weighted by Crippen LogP contribution is -2.19. The Morgan fingerprint density at radius 3 is 2.63 bits per heavy atom. The molecule has 0 saturated heterocycles. The van der Waals surface area contributed by atoms with Gasteiger partial charge in [0.1, 0.15) is 5.75 Å². The molecule has 0 aliphatic carbocycles. The van der Waals surface area contributed by atoms with Crippen molar-refractivity contribution in [3.8, 4) is 5.75 Å².